The van der Waals surface area contributed by atoms with Gasteiger partial charge in [0.05, 0.1) is 11.9 Å². The van der Waals surface area contributed by atoms with Crippen LogP contribution in [0.5, 0.6) is 0 Å². The predicted molar refractivity (Wildman–Crippen MR) is 79.0 cm³/mol. The number of benzene rings is 1. The van der Waals surface area contributed by atoms with Gasteiger partial charge in [0.1, 0.15) is 5.82 Å². The van der Waals surface area contributed by atoms with Crippen molar-refractivity contribution in [1.29, 1.82) is 0 Å². The third-order valence-electron chi connectivity index (χ3n) is 3.21. The molecule has 0 unspecified atom stereocenters. The average molecular weight is 276 g/mol. The highest BCUT2D eigenvalue weighted by Crippen LogP contribution is 2.21. The van der Waals surface area contributed by atoms with Crippen LogP contribution in [-0.4, -0.2) is 22.9 Å². The van der Waals surface area contributed by atoms with Crippen molar-refractivity contribution in [2.24, 2.45) is 5.73 Å². The van der Waals surface area contributed by atoms with Gasteiger partial charge in [-0.25, -0.2) is 4.39 Å². The van der Waals surface area contributed by atoms with Crippen LogP contribution in [0.25, 0.3) is 0 Å². The van der Waals surface area contributed by atoms with Gasteiger partial charge in [-0.2, -0.15) is 5.10 Å². The van der Waals surface area contributed by atoms with Crippen molar-refractivity contribution in [3.05, 3.63) is 48.0 Å². The summed E-state index contributed by atoms with van der Waals surface area (Å²) in [5.74, 6) is -0.201. The fraction of sp³-hybridized carbons (Fsp3) is 0.400. The van der Waals surface area contributed by atoms with Crippen LogP contribution in [0, 0.1) is 5.82 Å². The molecular weight excluding hydrogens is 255 g/mol. The summed E-state index contributed by atoms with van der Waals surface area (Å²) < 4.78 is 15.8. The molecule has 0 fully saturated rings. The molecule has 0 radical (unpaired) electrons. The molecule has 4 nitrogen and oxygen atoms in total. The lowest BCUT2D eigenvalue weighted by Gasteiger charge is -2.24. The molecule has 5 heteroatoms. The van der Waals surface area contributed by atoms with Crippen LogP contribution in [0.2, 0.25) is 0 Å². The Balaban J connectivity index is 2.17. The van der Waals surface area contributed by atoms with E-state index in [-0.39, 0.29) is 5.82 Å². The van der Waals surface area contributed by atoms with E-state index in [4.69, 9.17) is 5.73 Å². The topological polar surface area (TPSA) is 47.1 Å². The molecule has 20 heavy (non-hydrogen) atoms. The summed E-state index contributed by atoms with van der Waals surface area (Å²) in [6, 6.07) is 6.84. The van der Waals surface area contributed by atoms with Crippen molar-refractivity contribution in [3.8, 4) is 0 Å². The number of aromatic nitrogens is 2. The zero-order valence-electron chi connectivity index (χ0n) is 11.8. The maximum atomic E-state index is 13.9. The summed E-state index contributed by atoms with van der Waals surface area (Å²) in [6.07, 6.45) is 4.66. The van der Waals surface area contributed by atoms with Gasteiger partial charge in [-0.3, -0.25) is 4.68 Å². The van der Waals surface area contributed by atoms with Crippen LogP contribution in [0.4, 0.5) is 10.1 Å². The molecule has 0 saturated heterocycles. The van der Waals surface area contributed by atoms with Gasteiger partial charge in [0.25, 0.3) is 0 Å². The maximum Gasteiger partial charge on any atom is 0.146 e. The highest BCUT2D eigenvalue weighted by molar-refractivity contribution is 5.48. The number of halogens is 1. The Bertz CT molecular complexity index is 538. The SMILES string of the molecule is CCn1cc(CN(CCCN)c2ccccc2F)cn1. The van der Waals surface area contributed by atoms with E-state index in [9.17, 15) is 4.39 Å². The molecule has 0 atom stereocenters. The average Bonchev–Trinajstić information content (AvgIpc) is 2.92. The Morgan fingerprint density at radius 3 is 2.80 bits per heavy atom. The van der Waals surface area contributed by atoms with Crippen LogP contribution in [-0.2, 0) is 13.1 Å². The molecule has 0 aliphatic rings. The van der Waals surface area contributed by atoms with Crippen molar-refractivity contribution in [3.63, 3.8) is 0 Å². The summed E-state index contributed by atoms with van der Waals surface area (Å²) in [6.45, 7) is 4.84. The van der Waals surface area contributed by atoms with Gasteiger partial charge in [-0.15, -0.1) is 0 Å². The Labute approximate surface area is 119 Å². The van der Waals surface area contributed by atoms with Gasteiger partial charge in [0.2, 0.25) is 0 Å². The van der Waals surface area contributed by atoms with Gasteiger partial charge >= 0.3 is 0 Å². The molecule has 1 aromatic heterocycles. The molecule has 0 saturated carbocycles. The molecule has 108 valence electrons. The molecule has 2 rings (SSSR count). The highest BCUT2D eigenvalue weighted by Gasteiger charge is 2.12. The van der Waals surface area contributed by atoms with Gasteiger partial charge in [0, 0.05) is 31.4 Å². The number of para-hydroxylation sites is 1. The van der Waals surface area contributed by atoms with Crippen LogP contribution in [0.1, 0.15) is 18.9 Å². The van der Waals surface area contributed by atoms with E-state index in [1.54, 1.807) is 12.1 Å². The first kappa shape index (κ1) is 14.5. The Morgan fingerprint density at radius 2 is 2.15 bits per heavy atom. The predicted octanol–water partition coefficient (Wildman–Crippen LogP) is 2.40. The lowest BCUT2D eigenvalue weighted by molar-refractivity contribution is 0.612. The number of hydrogen-bond donors (Lipinski definition) is 1. The highest BCUT2D eigenvalue weighted by atomic mass is 19.1. The summed E-state index contributed by atoms with van der Waals surface area (Å²) in [5, 5.41) is 4.26. The van der Waals surface area contributed by atoms with Gasteiger partial charge in [0.15, 0.2) is 0 Å². The first-order chi connectivity index (χ1) is 9.74. The van der Waals surface area contributed by atoms with Crippen molar-refractivity contribution in [2.75, 3.05) is 18.0 Å². The zero-order valence-corrected chi connectivity index (χ0v) is 11.8. The molecule has 1 heterocycles. The standard InChI is InChI=1S/C15H21FN4/c1-2-20-12-13(10-18-20)11-19(9-5-8-17)15-7-4-3-6-14(15)16/h3-4,6-7,10,12H,2,5,8-9,11,17H2,1H3. The molecule has 0 spiro atoms. The van der Waals surface area contributed by atoms with E-state index in [2.05, 4.69) is 5.10 Å². The third-order valence-corrected chi connectivity index (χ3v) is 3.21. The van der Waals surface area contributed by atoms with Crippen molar-refractivity contribution < 1.29 is 4.39 Å². The number of hydrogen-bond acceptors (Lipinski definition) is 3. The number of rotatable bonds is 7. The maximum absolute atomic E-state index is 13.9. The fourth-order valence-electron chi connectivity index (χ4n) is 2.16. The van der Waals surface area contributed by atoms with Crippen LogP contribution >= 0.6 is 0 Å². The molecule has 2 aromatic rings. The minimum Gasteiger partial charge on any atom is -0.365 e. The first-order valence-electron chi connectivity index (χ1n) is 6.95. The first-order valence-corrected chi connectivity index (χ1v) is 6.95. The largest absolute Gasteiger partial charge is 0.365 e. The number of aryl methyl sites for hydroxylation is 1. The number of anilines is 1. The third kappa shape index (κ3) is 3.57. The van der Waals surface area contributed by atoms with Crippen LogP contribution in [0.15, 0.2) is 36.7 Å². The summed E-state index contributed by atoms with van der Waals surface area (Å²) in [5.41, 5.74) is 7.27. The Kier molecular flexibility index (Phi) is 5.12. The fourth-order valence-corrected chi connectivity index (χ4v) is 2.16. The second-order valence-electron chi connectivity index (χ2n) is 4.72. The minimum absolute atomic E-state index is 0.201. The van der Waals surface area contributed by atoms with E-state index in [1.165, 1.54) is 6.07 Å². The van der Waals surface area contributed by atoms with Crippen molar-refractivity contribution in [1.82, 2.24) is 9.78 Å². The quantitative estimate of drug-likeness (QED) is 0.844. The summed E-state index contributed by atoms with van der Waals surface area (Å²) in [4.78, 5) is 2.01. The van der Waals surface area contributed by atoms with E-state index in [0.29, 0.717) is 18.8 Å². The second kappa shape index (κ2) is 7.05. The minimum atomic E-state index is -0.201. The molecule has 1 aromatic carbocycles. The molecule has 0 aliphatic heterocycles. The molecular formula is C15H21FN4. The summed E-state index contributed by atoms with van der Waals surface area (Å²) in [7, 11) is 0. The molecule has 2 N–H and O–H groups in total. The number of nitrogens with zero attached hydrogens (tertiary/aromatic N) is 3. The van der Waals surface area contributed by atoms with E-state index in [1.807, 2.05) is 35.0 Å². The Hall–Kier alpha value is -1.88. The normalized spacial score (nSPS) is 10.8. The van der Waals surface area contributed by atoms with E-state index in [0.717, 1.165) is 25.1 Å². The van der Waals surface area contributed by atoms with Gasteiger partial charge in [-0.05, 0) is 32.0 Å². The second-order valence-corrected chi connectivity index (χ2v) is 4.72. The Morgan fingerprint density at radius 1 is 1.35 bits per heavy atom. The monoisotopic (exact) mass is 276 g/mol. The molecule has 0 amide bonds. The lowest BCUT2D eigenvalue weighted by atomic mass is 10.2. The lowest BCUT2D eigenvalue weighted by Crippen LogP contribution is -2.26. The smallest absolute Gasteiger partial charge is 0.146 e. The van der Waals surface area contributed by atoms with E-state index >= 15 is 0 Å². The molecule has 0 aliphatic carbocycles. The van der Waals surface area contributed by atoms with Crippen molar-refractivity contribution >= 4 is 5.69 Å². The number of nitrogens with two attached hydrogens (primary N) is 1. The van der Waals surface area contributed by atoms with Crippen molar-refractivity contribution in [2.45, 2.75) is 26.4 Å². The van der Waals surface area contributed by atoms with E-state index < -0.39 is 0 Å². The van der Waals surface area contributed by atoms with Gasteiger partial charge < -0.3 is 10.6 Å². The van der Waals surface area contributed by atoms with Crippen LogP contribution in [0.3, 0.4) is 0 Å². The molecule has 0 bridgehead atoms. The zero-order chi connectivity index (χ0) is 14.4. The van der Waals surface area contributed by atoms with Gasteiger partial charge in [-0.1, -0.05) is 12.1 Å². The van der Waals surface area contributed by atoms with Crippen LogP contribution < -0.4 is 10.6 Å². The summed E-state index contributed by atoms with van der Waals surface area (Å²) >= 11 is 0.